The van der Waals surface area contributed by atoms with Crippen LogP contribution in [0.5, 0.6) is 0 Å². The van der Waals surface area contributed by atoms with E-state index in [0.717, 1.165) is 12.8 Å². The van der Waals surface area contributed by atoms with Crippen molar-refractivity contribution in [3.63, 3.8) is 0 Å². The number of carbonyl (C=O) groups is 1. The van der Waals surface area contributed by atoms with Crippen molar-refractivity contribution in [3.8, 4) is 11.4 Å². The molecular formula is C17H17F3N6O2. The molecular weight excluding hydrogens is 377 g/mol. The molecule has 2 aromatic heterocycles. The maximum Gasteiger partial charge on any atom is 0.471 e. The number of rotatable bonds is 6. The second-order valence-electron chi connectivity index (χ2n) is 6.64. The van der Waals surface area contributed by atoms with Gasteiger partial charge in [-0.25, -0.2) is 9.78 Å². The number of fused-ring (bicyclic) bond motifs is 1. The van der Waals surface area contributed by atoms with Crippen molar-refractivity contribution >= 4 is 17.1 Å². The fourth-order valence-corrected chi connectivity index (χ4v) is 2.74. The maximum absolute atomic E-state index is 12.6. The number of alkyl halides is 3. The molecule has 0 atom stereocenters. The minimum Gasteiger partial charge on any atom is -0.338 e. The van der Waals surface area contributed by atoms with Crippen LogP contribution < -0.4 is 10.6 Å². The summed E-state index contributed by atoms with van der Waals surface area (Å²) in [6.07, 6.45) is -0.762. The Morgan fingerprint density at radius 1 is 1.29 bits per heavy atom. The molecule has 3 aromatic rings. The fourth-order valence-electron chi connectivity index (χ4n) is 2.74. The highest BCUT2D eigenvalue weighted by Gasteiger charge is 2.38. The van der Waals surface area contributed by atoms with E-state index in [4.69, 9.17) is 0 Å². The molecule has 0 bridgehead atoms. The van der Waals surface area contributed by atoms with Crippen LogP contribution in [0.15, 0.2) is 29.0 Å². The predicted octanol–water partition coefficient (Wildman–Crippen LogP) is 2.81. The average molecular weight is 394 g/mol. The Morgan fingerprint density at radius 2 is 2.11 bits per heavy atom. The van der Waals surface area contributed by atoms with E-state index in [0.29, 0.717) is 42.1 Å². The quantitative estimate of drug-likeness (QED) is 0.670. The number of aromatic nitrogens is 4. The predicted molar refractivity (Wildman–Crippen MR) is 92.2 cm³/mol. The molecule has 1 aliphatic carbocycles. The molecule has 1 aromatic carbocycles. The molecule has 0 radical (unpaired) electrons. The minimum absolute atomic E-state index is 0.153. The molecule has 8 nitrogen and oxygen atoms in total. The van der Waals surface area contributed by atoms with Gasteiger partial charge in [0, 0.05) is 25.2 Å². The second kappa shape index (κ2) is 7.13. The number of halogens is 3. The molecule has 1 aliphatic rings. The molecule has 2 amide bonds. The molecule has 28 heavy (non-hydrogen) atoms. The topological polar surface area (TPSA) is 97.9 Å². The number of hydrogen-bond donors (Lipinski definition) is 2. The second-order valence-corrected chi connectivity index (χ2v) is 6.64. The van der Waals surface area contributed by atoms with Crippen molar-refractivity contribution in [1.29, 1.82) is 0 Å². The van der Waals surface area contributed by atoms with E-state index in [1.165, 1.54) is 0 Å². The number of hydrogen-bond acceptors (Lipinski definition) is 5. The van der Waals surface area contributed by atoms with Gasteiger partial charge in [-0.15, -0.1) is 0 Å². The van der Waals surface area contributed by atoms with E-state index in [-0.39, 0.29) is 11.9 Å². The van der Waals surface area contributed by atoms with Gasteiger partial charge in [0.25, 0.3) is 0 Å². The summed E-state index contributed by atoms with van der Waals surface area (Å²) in [4.78, 5) is 19.4. The van der Waals surface area contributed by atoms with E-state index >= 15 is 0 Å². The van der Waals surface area contributed by atoms with Crippen LogP contribution in [-0.4, -0.2) is 38.8 Å². The van der Waals surface area contributed by atoms with Crippen molar-refractivity contribution in [2.75, 3.05) is 13.1 Å². The maximum atomic E-state index is 12.6. The van der Waals surface area contributed by atoms with Crippen LogP contribution in [0.2, 0.25) is 0 Å². The third kappa shape index (κ3) is 4.07. The number of amides is 2. The van der Waals surface area contributed by atoms with Gasteiger partial charge < -0.3 is 19.7 Å². The van der Waals surface area contributed by atoms with E-state index in [2.05, 4.69) is 30.3 Å². The molecule has 0 unspecified atom stereocenters. The highest BCUT2D eigenvalue weighted by atomic mass is 19.4. The first-order valence-corrected chi connectivity index (χ1v) is 8.78. The average Bonchev–Trinajstić information content (AvgIpc) is 3.18. The Balaban J connectivity index is 1.44. The number of nitrogens with zero attached hydrogens (tertiary/aromatic N) is 4. The van der Waals surface area contributed by atoms with Gasteiger partial charge in [0.1, 0.15) is 0 Å². The summed E-state index contributed by atoms with van der Waals surface area (Å²) in [5, 5.41) is 8.98. The summed E-state index contributed by atoms with van der Waals surface area (Å²) >= 11 is 0. The summed E-state index contributed by atoms with van der Waals surface area (Å²) in [6.45, 7) is 1.53. The summed E-state index contributed by atoms with van der Waals surface area (Å²) in [5.74, 6) is -0.943. The molecule has 0 saturated heterocycles. The van der Waals surface area contributed by atoms with Gasteiger partial charge in [-0.1, -0.05) is 5.16 Å². The summed E-state index contributed by atoms with van der Waals surface area (Å²) in [7, 11) is 0. The first-order chi connectivity index (χ1) is 13.4. The highest BCUT2D eigenvalue weighted by molar-refractivity contribution is 5.80. The molecule has 2 heterocycles. The molecule has 4 rings (SSSR count). The lowest BCUT2D eigenvalue weighted by atomic mass is 10.2. The number of imidazole rings is 1. The van der Waals surface area contributed by atoms with Crippen LogP contribution in [-0.2, 0) is 12.7 Å². The molecule has 0 aliphatic heterocycles. The normalized spacial score (nSPS) is 14.4. The van der Waals surface area contributed by atoms with Crippen molar-refractivity contribution in [2.45, 2.75) is 25.6 Å². The highest BCUT2D eigenvalue weighted by Crippen LogP contribution is 2.30. The third-order valence-electron chi connectivity index (χ3n) is 4.43. The Bertz CT molecular complexity index is 992. The summed E-state index contributed by atoms with van der Waals surface area (Å²) in [5.41, 5.74) is 1.74. The molecule has 1 saturated carbocycles. The van der Waals surface area contributed by atoms with Crippen molar-refractivity contribution in [1.82, 2.24) is 30.3 Å². The van der Waals surface area contributed by atoms with Crippen molar-refractivity contribution < 1.29 is 22.5 Å². The van der Waals surface area contributed by atoms with Crippen LogP contribution >= 0.6 is 0 Å². The monoisotopic (exact) mass is 394 g/mol. The number of benzene rings is 1. The van der Waals surface area contributed by atoms with Crippen molar-refractivity contribution in [2.24, 2.45) is 5.92 Å². The first kappa shape index (κ1) is 18.3. The largest absolute Gasteiger partial charge is 0.471 e. The van der Waals surface area contributed by atoms with Crippen LogP contribution in [0.4, 0.5) is 18.0 Å². The summed E-state index contributed by atoms with van der Waals surface area (Å²) in [6, 6.07) is 4.67. The Morgan fingerprint density at radius 3 is 2.82 bits per heavy atom. The first-order valence-electron chi connectivity index (χ1n) is 8.78. The van der Waals surface area contributed by atoms with E-state index in [1.807, 2.05) is 0 Å². The van der Waals surface area contributed by atoms with Gasteiger partial charge in [-0.2, -0.15) is 18.2 Å². The Hall–Kier alpha value is -3.11. The van der Waals surface area contributed by atoms with E-state index < -0.39 is 12.1 Å². The van der Waals surface area contributed by atoms with Gasteiger partial charge in [0.2, 0.25) is 5.82 Å². The lowest BCUT2D eigenvalue weighted by molar-refractivity contribution is -0.159. The van der Waals surface area contributed by atoms with Crippen LogP contribution in [0.1, 0.15) is 18.7 Å². The van der Waals surface area contributed by atoms with Gasteiger partial charge in [-0.05, 0) is 37.0 Å². The molecule has 2 N–H and O–H groups in total. The standard InChI is InChI=1S/C17H17F3N6O2/c18-17(19,20)15-24-14(25-28-15)11-3-4-12-13(7-11)26(9-23-12)6-5-21-16(27)22-8-10-1-2-10/h3-4,7,9-10H,1-2,5-6,8H2,(H2,21,22,27). The number of carbonyl (C=O) groups excluding carboxylic acids is 1. The van der Waals surface area contributed by atoms with Gasteiger partial charge >= 0.3 is 18.1 Å². The molecule has 1 fully saturated rings. The van der Waals surface area contributed by atoms with Crippen LogP contribution in [0.3, 0.4) is 0 Å². The van der Waals surface area contributed by atoms with Gasteiger partial charge in [0.15, 0.2) is 0 Å². The van der Waals surface area contributed by atoms with Gasteiger partial charge in [0.05, 0.1) is 17.4 Å². The summed E-state index contributed by atoms with van der Waals surface area (Å²) < 4.78 is 44.0. The van der Waals surface area contributed by atoms with Crippen molar-refractivity contribution in [3.05, 3.63) is 30.4 Å². The number of nitrogens with one attached hydrogen (secondary N) is 2. The zero-order chi connectivity index (χ0) is 19.7. The zero-order valence-electron chi connectivity index (χ0n) is 14.7. The van der Waals surface area contributed by atoms with E-state index in [9.17, 15) is 18.0 Å². The van der Waals surface area contributed by atoms with Gasteiger partial charge in [-0.3, -0.25) is 0 Å². The Labute approximate surface area is 157 Å². The lowest BCUT2D eigenvalue weighted by Crippen LogP contribution is -2.38. The zero-order valence-corrected chi connectivity index (χ0v) is 14.7. The molecule has 11 heteroatoms. The number of urea groups is 1. The SMILES string of the molecule is O=C(NCCn1cnc2ccc(-c3noc(C(F)(F)F)n3)cc21)NCC1CC1. The Kier molecular flexibility index (Phi) is 4.65. The van der Waals surface area contributed by atoms with Crippen LogP contribution in [0.25, 0.3) is 22.4 Å². The van der Waals surface area contributed by atoms with Crippen LogP contribution in [0, 0.1) is 5.92 Å². The third-order valence-corrected chi connectivity index (χ3v) is 4.43. The molecule has 0 spiro atoms. The van der Waals surface area contributed by atoms with E-state index in [1.54, 1.807) is 29.1 Å². The fraction of sp³-hybridized carbons (Fsp3) is 0.412. The minimum atomic E-state index is -4.69. The lowest BCUT2D eigenvalue weighted by Gasteiger charge is -2.08. The molecule has 148 valence electrons. The smallest absolute Gasteiger partial charge is 0.338 e.